The zero-order chi connectivity index (χ0) is 16.2. The molecule has 0 aromatic heterocycles. The molecule has 4 rings (SSSR count). The summed E-state index contributed by atoms with van der Waals surface area (Å²) in [5.41, 5.74) is -1.11. The van der Waals surface area contributed by atoms with Crippen LogP contribution in [-0.4, -0.2) is 11.9 Å². The van der Waals surface area contributed by atoms with E-state index in [2.05, 4.69) is 5.32 Å². The fourth-order valence-corrected chi connectivity index (χ4v) is 5.41. The molecule has 3 fully saturated rings. The molecule has 3 aliphatic rings. The van der Waals surface area contributed by atoms with Gasteiger partial charge in [-0.25, -0.2) is 0 Å². The van der Waals surface area contributed by atoms with Gasteiger partial charge in [0, 0.05) is 6.04 Å². The van der Waals surface area contributed by atoms with Gasteiger partial charge in [-0.1, -0.05) is 18.6 Å². The summed E-state index contributed by atoms with van der Waals surface area (Å²) < 4.78 is 39.2. The van der Waals surface area contributed by atoms with Crippen molar-refractivity contribution in [2.45, 2.75) is 44.3 Å². The third-order valence-electron chi connectivity index (χ3n) is 6.22. The highest BCUT2D eigenvalue weighted by Gasteiger charge is 2.54. The van der Waals surface area contributed by atoms with E-state index in [9.17, 15) is 18.0 Å². The molecule has 0 heterocycles. The van der Waals surface area contributed by atoms with Gasteiger partial charge in [0.2, 0.25) is 0 Å². The van der Waals surface area contributed by atoms with Gasteiger partial charge in [-0.15, -0.1) is 0 Å². The molecule has 3 saturated carbocycles. The van der Waals surface area contributed by atoms with E-state index in [-0.39, 0.29) is 11.6 Å². The van der Waals surface area contributed by atoms with Gasteiger partial charge in [0.15, 0.2) is 0 Å². The number of hydrogen-bond donors (Lipinski definition) is 1. The molecule has 5 heteroatoms. The zero-order valence-corrected chi connectivity index (χ0v) is 12.8. The van der Waals surface area contributed by atoms with Crippen LogP contribution < -0.4 is 5.32 Å². The Balaban J connectivity index is 1.52. The highest BCUT2D eigenvalue weighted by molar-refractivity contribution is 5.96. The minimum absolute atomic E-state index is 0.0492. The summed E-state index contributed by atoms with van der Waals surface area (Å²) in [4.78, 5) is 12.4. The van der Waals surface area contributed by atoms with Crippen LogP contribution in [0.1, 0.15) is 48.0 Å². The number of nitrogens with one attached hydrogen (secondary N) is 1. The highest BCUT2D eigenvalue weighted by Crippen LogP contribution is 2.58. The van der Waals surface area contributed by atoms with Gasteiger partial charge < -0.3 is 5.32 Å². The standard InChI is InChI=1S/C18H20F3NO/c19-18(20,21)15-7-2-1-4-13(15)17(23)22-16-9-10-8-14(16)12-6-3-5-11(10)12/h1-2,4,7,10-12,14,16H,3,5-6,8-9H2,(H,22,23)/t10-,11+,12-,14-,16+/m1/s1. The number of benzene rings is 1. The normalized spacial score (nSPS) is 35.3. The van der Waals surface area contributed by atoms with E-state index in [1.54, 1.807) is 0 Å². The van der Waals surface area contributed by atoms with Crippen molar-refractivity contribution < 1.29 is 18.0 Å². The van der Waals surface area contributed by atoms with Crippen molar-refractivity contribution in [2.75, 3.05) is 0 Å². The van der Waals surface area contributed by atoms with E-state index < -0.39 is 17.6 Å². The SMILES string of the molecule is O=C(N[C@H]1C[C@H]2C[C@@H]1[C@@H]1CCC[C@@H]21)c1ccccc1C(F)(F)F. The highest BCUT2D eigenvalue weighted by atomic mass is 19.4. The molecule has 0 radical (unpaired) electrons. The second kappa shape index (κ2) is 5.25. The van der Waals surface area contributed by atoms with Crippen molar-refractivity contribution >= 4 is 5.91 Å². The summed E-state index contributed by atoms with van der Waals surface area (Å²) >= 11 is 0. The number of carbonyl (C=O) groups is 1. The molecule has 0 spiro atoms. The molecule has 0 aliphatic heterocycles. The fourth-order valence-electron chi connectivity index (χ4n) is 5.41. The van der Waals surface area contributed by atoms with E-state index in [0.29, 0.717) is 17.8 Å². The second-order valence-electron chi connectivity index (χ2n) is 7.28. The minimum atomic E-state index is -4.50. The van der Waals surface area contributed by atoms with Crippen molar-refractivity contribution in [1.82, 2.24) is 5.32 Å². The summed E-state index contributed by atoms with van der Waals surface area (Å²) in [7, 11) is 0. The molecule has 1 aromatic rings. The van der Waals surface area contributed by atoms with Crippen LogP contribution >= 0.6 is 0 Å². The molecule has 3 aliphatic carbocycles. The molecule has 23 heavy (non-hydrogen) atoms. The van der Waals surface area contributed by atoms with Crippen LogP contribution in [0.2, 0.25) is 0 Å². The topological polar surface area (TPSA) is 29.1 Å². The monoisotopic (exact) mass is 323 g/mol. The number of rotatable bonds is 2. The molecule has 1 aromatic carbocycles. The van der Waals surface area contributed by atoms with Crippen molar-refractivity contribution in [3.8, 4) is 0 Å². The number of halogens is 3. The summed E-state index contributed by atoms with van der Waals surface area (Å²) in [6.45, 7) is 0. The van der Waals surface area contributed by atoms with Gasteiger partial charge in [0.1, 0.15) is 0 Å². The van der Waals surface area contributed by atoms with Crippen molar-refractivity contribution in [3.63, 3.8) is 0 Å². The fraction of sp³-hybridized carbons (Fsp3) is 0.611. The Morgan fingerprint density at radius 2 is 1.78 bits per heavy atom. The molecular weight excluding hydrogens is 303 g/mol. The van der Waals surface area contributed by atoms with Crippen LogP contribution in [0.3, 0.4) is 0 Å². The second-order valence-corrected chi connectivity index (χ2v) is 7.28. The lowest BCUT2D eigenvalue weighted by atomic mass is 9.79. The first kappa shape index (κ1) is 15.0. The molecule has 1 amide bonds. The average Bonchev–Trinajstić information content (AvgIpc) is 3.18. The lowest BCUT2D eigenvalue weighted by Crippen LogP contribution is -2.43. The maximum Gasteiger partial charge on any atom is 0.417 e. The smallest absolute Gasteiger partial charge is 0.349 e. The first-order chi connectivity index (χ1) is 10.9. The third kappa shape index (κ3) is 2.45. The van der Waals surface area contributed by atoms with Gasteiger partial charge in [0.25, 0.3) is 5.91 Å². The number of alkyl halides is 3. The molecule has 0 saturated heterocycles. The Labute approximate surface area is 133 Å². The first-order valence-electron chi connectivity index (χ1n) is 8.42. The minimum Gasteiger partial charge on any atom is -0.349 e. The maximum atomic E-state index is 13.1. The van der Waals surface area contributed by atoms with E-state index >= 15 is 0 Å². The van der Waals surface area contributed by atoms with Crippen LogP contribution in [0.5, 0.6) is 0 Å². The van der Waals surface area contributed by atoms with Crippen molar-refractivity contribution in [2.24, 2.45) is 23.7 Å². The number of carbonyl (C=O) groups excluding carboxylic acids is 1. The summed E-state index contributed by atoms with van der Waals surface area (Å²) in [6.07, 6.45) is 1.35. The number of amides is 1. The van der Waals surface area contributed by atoms with Crippen LogP contribution in [0.25, 0.3) is 0 Å². The predicted octanol–water partition coefficient (Wildman–Crippen LogP) is 4.26. The molecule has 1 N–H and O–H groups in total. The zero-order valence-electron chi connectivity index (χ0n) is 12.8. The quantitative estimate of drug-likeness (QED) is 0.866. The van der Waals surface area contributed by atoms with Gasteiger partial charge in [-0.3, -0.25) is 4.79 Å². The Morgan fingerprint density at radius 3 is 2.57 bits per heavy atom. The lowest BCUT2D eigenvalue weighted by molar-refractivity contribution is -0.137. The van der Waals surface area contributed by atoms with Crippen molar-refractivity contribution in [1.29, 1.82) is 0 Å². The van der Waals surface area contributed by atoms with Crippen LogP contribution in [0.4, 0.5) is 13.2 Å². The summed E-state index contributed by atoms with van der Waals surface area (Å²) in [5, 5.41) is 2.91. The van der Waals surface area contributed by atoms with Crippen molar-refractivity contribution in [3.05, 3.63) is 35.4 Å². The van der Waals surface area contributed by atoms with E-state index in [1.165, 1.54) is 37.5 Å². The Kier molecular flexibility index (Phi) is 3.43. The molecule has 2 bridgehead atoms. The molecule has 0 unspecified atom stereocenters. The lowest BCUT2D eigenvalue weighted by Gasteiger charge is -2.32. The van der Waals surface area contributed by atoms with Crippen LogP contribution in [0, 0.1) is 23.7 Å². The van der Waals surface area contributed by atoms with E-state index in [0.717, 1.165) is 24.8 Å². The molecule has 5 atom stereocenters. The third-order valence-corrected chi connectivity index (χ3v) is 6.22. The molecular formula is C18H20F3NO. The Hall–Kier alpha value is -1.52. The summed E-state index contributed by atoms with van der Waals surface area (Å²) in [6, 6.07) is 5.10. The van der Waals surface area contributed by atoms with Gasteiger partial charge >= 0.3 is 6.18 Å². The van der Waals surface area contributed by atoms with Crippen LogP contribution in [0.15, 0.2) is 24.3 Å². The Bertz CT molecular complexity index is 627. The van der Waals surface area contributed by atoms with E-state index in [1.807, 2.05) is 0 Å². The van der Waals surface area contributed by atoms with E-state index in [4.69, 9.17) is 0 Å². The average molecular weight is 323 g/mol. The molecule has 124 valence electrons. The van der Waals surface area contributed by atoms with Gasteiger partial charge in [-0.2, -0.15) is 13.2 Å². The summed E-state index contributed by atoms with van der Waals surface area (Å²) in [5.74, 6) is 2.03. The maximum absolute atomic E-state index is 13.1. The first-order valence-corrected chi connectivity index (χ1v) is 8.42. The van der Waals surface area contributed by atoms with Crippen LogP contribution in [-0.2, 0) is 6.18 Å². The molecule has 2 nitrogen and oxygen atoms in total. The Morgan fingerprint density at radius 1 is 1.04 bits per heavy atom. The number of fused-ring (bicyclic) bond motifs is 5. The van der Waals surface area contributed by atoms with Gasteiger partial charge in [0.05, 0.1) is 11.1 Å². The number of hydrogen-bond acceptors (Lipinski definition) is 1. The largest absolute Gasteiger partial charge is 0.417 e. The predicted molar refractivity (Wildman–Crippen MR) is 79.7 cm³/mol. The van der Waals surface area contributed by atoms with Gasteiger partial charge in [-0.05, 0) is 61.5 Å².